The standard InChI is InChI=1S/C30H31N5O/c1-18-19(2)34-35-27(18)32-15-22-14-25(20-6-4-3-5-7-20)26(33-28(22)35)21-8-10-23(11-9-21)29(31)16-30(36,17-29)24-12-13-24/h3-10,14-15,23-24,36H,11-13,16-17,31H2,1-2H3/t23?,29-,30-. The van der Waals surface area contributed by atoms with Crippen LogP contribution in [-0.4, -0.2) is 35.8 Å². The molecule has 1 unspecified atom stereocenters. The van der Waals surface area contributed by atoms with E-state index in [-0.39, 0.29) is 11.5 Å². The Balaban J connectivity index is 1.30. The molecule has 0 spiro atoms. The summed E-state index contributed by atoms with van der Waals surface area (Å²) in [4.78, 5) is 9.89. The third-order valence-corrected chi connectivity index (χ3v) is 8.69. The first-order chi connectivity index (χ1) is 17.3. The number of aliphatic hydroxyl groups is 1. The fourth-order valence-electron chi connectivity index (χ4n) is 6.35. The molecular weight excluding hydrogens is 446 g/mol. The summed E-state index contributed by atoms with van der Waals surface area (Å²) in [7, 11) is 0. The fraction of sp³-hybridized carbons (Fsp3) is 0.367. The molecule has 1 atom stereocenters. The van der Waals surface area contributed by atoms with Crippen LogP contribution in [0.3, 0.4) is 0 Å². The number of allylic oxidation sites excluding steroid dienone is 3. The summed E-state index contributed by atoms with van der Waals surface area (Å²) in [5.41, 5.74) is 13.9. The molecule has 3 aliphatic carbocycles. The zero-order valence-electron chi connectivity index (χ0n) is 20.8. The van der Waals surface area contributed by atoms with E-state index in [1.54, 1.807) is 0 Å². The second-order valence-corrected chi connectivity index (χ2v) is 11.2. The van der Waals surface area contributed by atoms with Gasteiger partial charge in [0.15, 0.2) is 11.3 Å². The van der Waals surface area contributed by atoms with Crippen molar-refractivity contribution in [3.63, 3.8) is 0 Å². The first-order valence-electron chi connectivity index (χ1n) is 13.0. The van der Waals surface area contributed by atoms with E-state index in [1.165, 1.54) is 0 Å². The minimum atomic E-state index is -0.535. The number of benzene rings is 1. The highest BCUT2D eigenvalue weighted by molar-refractivity contribution is 5.91. The lowest BCUT2D eigenvalue weighted by Crippen LogP contribution is -2.66. The van der Waals surface area contributed by atoms with Gasteiger partial charge in [-0.15, -0.1) is 0 Å². The molecule has 4 aromatic rings. The minimum absolute atomic E-state index is 0.230. The van der Waals surface area contributed by atoms with E-state index in [9.17, 15) is 5.11 Å². The van der Waals surface area contributed by atoms with Gasteiger partial charge in [0.25, 0.3) is 0 Å². The quantitative estimate of drug-likeness (QED) is 0.424. The molecule has 2 saturated carbocycles. The third-order valence-electron chi connectivity index (χ3n) is 8.69. The number of nitrogens with zero attached hydrogens (tertiary/aromatic N) is 4. The van der Waals surface area contributed by atoms with Crippen molar-refractivity contribution in [3.8, 4) is 11.1 Å². The summed E-state index contributed by atoms with van der Waals surface area (Å²) >= 11 is 0. The van der Waals surface area contributed by atoms with E-state index >= 15 is 0 Å². The molecule has 36 heavy (non-hydrogen) atoms. The summed E-state index contributed by atoms with van der Waals surface area (Å²) in [6.45, 7) is 4.06. The van der Waals surface area contributed by atoms with Gasteiger partial charge in [-0.2, -0.15) is 9.61 Å². The van der Waals surface area contributed by atoms with Gasteiger partial charge in [-0.1, -0.05) is 48.6 Å². The zero-order chi connectivity index (χ0) is 24.7. The highest BCUT2D eigenvalue weighted by atomic mass is 16.3. The Kier molecular flexibility index (Phi) is 4.61. The summed E-state index contributed by atoms with van der Waals surface area (Å²) in [6, 6.07) is 12.6. The number of hydrogen-bond donors (Lipinski definition) is 2. The van der Waals surface area contributed by atoms with Gasteiger partial charge in [-0.25, -0.2) is 9.97 Å². The average Bonchev–Trinajstić information content (AvgIpc) is 3.70. The molecule has 3 heterocycles. The lowest BCUT2D eigenvalue weighted by molar-refractivity contribution is -0.115. The van der Waals surface area contributed by atoms with E-state index in [4.69, 9.17) is 15.8 Å². The minimum Gasteiger partial charge on any atom is -0.389 e. The van der Waals surface area contributed by atoms with Crippen molar-refractivity contribution in [2.45, 2.75) is 57.1 Å². The van der Waals surface area contributed by atoms with Crippen LogP contribution in [-0.2, 0) is 0 Å². The molecule has 6 nitrogen and oxygen atoms in total. The smallest absolute Gasteiger partial charge is 0.165 e. The van der Waals surface area contributed by atoms with Crippen LogP contribution in [0.2, 0.25) is 0 Å². The Morgan fingerprint density at radius 1 is 1.08 bits per heavy atom. The van der Waals surface area contributed by atoms with Crippen LogP contribution in [0.1, 0.15) is 49.1 Å². The maximum Gasteiger partial charge on any atom is 0.165 e. The molecule has 7 rings (SSSR count). The van der Waals surface area contributed by atoms with E-state index in [0.717, 1.165) is 69.6 Å². The number of fused-ring (bicyclic) bond motifs is 3. The average molecular weight is 478 g/mol. The number of aryl methyl sites for hydroxylation is 2. The molecule has 0 bridgehead atoms. The van der Waals surface area contributed by atoms with Crippen LogP contribution in [0.4, 0.5) is 0 Å². The van der Waals surface area contributed by atoms with Crippen molar-refractivity contribution in [3.05, 3.63) is 77.8 Å². The van der Waals surface area contributed by atoms with Gasteiger partial charge >= 0.3 is 0 Å². The summed E-state index contributed by atoms with van der Waals surface area (Å²) in [5.74, 6) is 0.692. The second-order valence-electron chi connectivity index (χ2n) is 11.2. The highest BCUT2D eigenvalue weighted by Gasteiger charge is 2.60. The number of rotatable bonds is 4. The Morgan fingerprint density at radius 3 is 2.56 bits per heavy atom. The number of aromatic nitrogens is 4. The van der Waals surface area contributed by atoms with Crippen LogP contribution in [0, 0.1) is 25.7 Å². The van der Waals surface area contributed by atoms with Crippen molar-refractivity contribution in [1.82, 2.24) is 19.6 Å². The number of pyridine rings is 1. The Bertz CT molecular complexity index is 1570. The van der Waals surface area contributed by atoms with E-state index in [1.807, 2.05) is 23.7 Å². The largest absolute Gasteiger partial charge is 0.389 e. The second kappa shape index (κ2) is 7.58. The van der Waals surface area contributed by atoms with Gasteiger partial charge in [0.2, 0.25) is 0 Å². The van der Waals surface area contributed by atoms with Crippen molar-refractivity contribution in [2.75, 3.05) is 0 Å². The summed E-state index contributed by atoms with van der Waals surface area (Å²) in [6.07, 6.45) is 13.1. The van der Waals surface area contributed by atoms with Gasteiger partial charge in [0, 0.05) is 28.2 Å². The Hall–Kier alpha value is -3.35. The predicted molar refractivity (Wildman–Crippen MR) is 142 cm³/mol. The SMILES string of the molecule is Cc1nn2c(ncc3cc(-c4ccccc4)c(C4=CCC([C@]5(N)C[C@@](O)(C6CC6)C5)C=C4)nc32)c1C. The Labute approximate surface area is 210 Å². The highest BCUT2D eigenvalue weighted by Crippen LogP contribution is 2.56. The topological polar surface area (TPSA) is 89.3 Å². The van der Waals surface area contributed by atoms with E-state index < -0.39 is 5.60 Å². The fourth-order valence-corrected chi connectivity index (χ4v) is 6.35. The van der Waals surface area contributed by atoms with Gasteiger partial charge in [-0.3, -0.25) is 0 Å². The molecule has 6 heteroatoms. The van der Waals surface area contributed by atoms with Gasteiger partial charge in [0.05, 0.1) is 17.0 Å². The van der Waals surface area contributed by atoms with E-state index in [2.05, 4.69) is 60.5 Å². The first-order valence-corrected chi connectivity index (χ1v) is 13.0. The van der Waals surface area contributed by atoms with Gasteiger partial charge in [-0.05, 0) is 75.0 Å². The first kappa shape index (κ1) is 21.9. The van der Waals surface area contributed by atoms with Crippen LogP contribution in [0.15, 0.2) is 60.8 Å². The van der Waals surface area contributed by atoms with Gasteiger partial charge < -0.3 is 10.8 Å². The molecule has 3 aliphatic rings. The predicted octanol–water partition coefficient (Wildman–Crippen LogP) is 5.15. The molecule has 1 aromatic carbocycles. The number of nitrogens with two attached hydrogens (primary N) is 1. The molecule has 2 fully saturated rings. The monoisotopic (exact) mass is 477 g/mol. The third kappa shape index (κ3) is 3.28. The van der Waals surface area contributed by atoms with E-state index in [0.29, 0.717) is 18.8 Å². The van der Waals surface area contributed by atoms with Crippen molar-refractivity contribution in [1.29, 1.82) is 0 Å². The van der Waals surface area contributed by atoms with Crippen molar-refractivity contribution >= 4 is 22.3 Å². The zero-order valence-corrected chi connectivity index (χ0v) is 20.8. The van der Waals surface area contributed by atoms with Crippen molar-refractivity contribution < 1.29 is 5.11 Å². The summed E-state index contributed by atoms with van der Waals surface area (Å²) in [5, 5.41) is 16.6. The van der Waals surface area contributed by atoms with Gasteiger partial charge in [0.1, 0.15) is 0 Å². The van der Waals surface area contributed by atoms with Crippen LogP contribution in [0.25, 0.3) is 33.4 Å². The maximum absolute atomic E-state index is 10.9. The van der Waals surface area contributed by atoms with Crippen LogP contribution >= 0.6 is 0 Å². The molecule has 3 N–H and O–H groups in total. The molecule has 0 amide bonds. The number of hydrogen-bond acceptors (Lipinski definition) is 5. The molecule has 3 aromatic heterocycles. The molecule has 0 saturated heterocycles. The maximum atomic E-state index is 10.9. The molecule has 182 valence electrons. The Morgan fingerprint density at radius 2 is 1.86 bits per heavy atom. The molecular formula is C30H31N5O. The summed E-state index contributed by atoms with van der Waals surface area (Å²) < 4.78 is 1.87. The molecule has 0 radical (unpaired) electrons. The van der Waals surface area contributed by atoms with Crippen LogP contribution < -0.4 is 5.73 Å². The van der Waals surface area contributed by atoms with Crippen molar-refractivity contribution in [2.24, 2.45) is 17.6 Å². The normalized spacial score (nSPS) is 27.9. The molecule has 0 aliphatic heterocycles. The lowest BCUT2D eigenvalue weighted by Gasteiger charge is -2.55. The van der Waals surface area contributed by atoms with Crippen LogP contribution in [0.5, 0.6) is 0 Å². The lowest BCUT2D eigenvalue weighted by atomic mass is 9.57.